The first-order valence-electron chi connectivity index (χ1n) is 2.50. The van der Waals surface area contributed by atoms with Crippen LogP contribution >= 0.6 is 15.9 Å². The number of esters is 1. The molecule has 0 fully saturated rings. The molecule has 0 aromatic heterocycles. The standard InChI is InChI=1S/C6H9BrO2/c1-5(4-7)3-6(8)9-2/h1,3-4H2,2H3. The molecule has 0 saturated carbocycles. The number of carbonyl (C=O) groups excluding carboxylic acids is 1. The molecular formula is C6H9BrO2. The molecule has 0 heterocycles. The van der Waals surface area contributed by atoms with E-state index in [9.17, 15) is 4.79 Å². The van der Waals surface area contributed by atoms with Crippen molar-refractivity contribution in [2.24, 2.45) is 0 Å². The lowest BCUT2D eigenvalue weighted by atomic mass is 10.2. The lowest BCUT2D eigenvalue weighted by molar-refractivity contribution is -0.139. The maximum Gasteiger partial charge on any atom is 0.309 e. The smallest absolute Gasteiger partial charge is 0.309 e. The lowest BCUT2D eigenvalue weighted by Gasteiger charge is -1.97. The van der Waals surface area contributed by atoms with Gasteiger partial charge in [-0.05, 0) is 0 Å². The Bertz CT molecular complexity index is 106. The molecule has 3 heteroatoms. The van der Waals surface area contributed by atoms with Crippen LogP contribution in [0.15, 0.2) is 12.2 Å². The predicted octanol–water partition coefficient (Wildman–Crippen LogP) is 1.50. The first-order valence-corrected chi connectivity index (χ1v) is 3.62. The summed E-state index contributed by atoms with van der Waals surface area (Å²) < 4.78 is 4.40. The highest BCUT2D eigenvalue weighted by molar-refractivity contribution is 9.09. The summed E-state index contributed by atoms with van der Waals surface area (Å²) in [7, 11) is 1.36. The zero-order valence-corrected chi connectivity index (χ0v) is 6.90. The fraction of sp³-hybridized carbons (Fsp3) is 0.500. The molecule has 0 aliphatic carbocycles. The molecule has 0 bridgehead atoms. The normalized spacial score (nSPS) is 8.67. The Morgan fingerprint density at radius 3 is 2.67 bits per heavy atom. The molecule has 0 saturated heterocycles. The molecular weight excluding hydrogens is 184 g/mol. The Kier molecular flexibility index (Phi) is 4.40. The molecule has 0 amide bonds. The maximum atomic E-state index is 10.5. The van der Waals surface area contributed by atoms with Crippen molar-refractivity contribution in [1.29, 1.82) is 0 Å². The van der Waals surface area contributed by atoms with Crippen molar-refractivity contribution in [3.8, 4) is 0 Å². The van der Waals surface area contributed by atoms with Gasteiger partial charge in [-0.3, -0.25) is 4.79 Å². The Balaban J connectivity index is 3.47. The summed E-state index contributed by atoms with van der Waals surface area (Å²) in [6.45, 7) is 3.61. The Morgan fingerprint density at radius 1 is 1.78 bits per heavy atom. The molecule has 0 atom stereocenters. The monoisotopic (exact) mass is 192 g/mol. The number of rotatable bonds is 3. The van der Waals surface area contributed by atoms with Gasteiger partial charge in [0.1, 0.15) is 0 Å². The summed E-state index contributed by atoms with van der Waals surface area (Å²) in [4.78, 5) is 10.5. The van der Waals surface area contributed by atoms with Gasteiger partial charge in [-0.15, -0.1) is 0 Å². The van der Waals surface area contributed by atoms with Crippen LogP contribution in [0.2, 0.25) is 0 Å². The number of hydrogen-bond donors (Lipinski definition) is 0. The molecule has 2 nitrogen and oxygen atoms in total. The zero-order valence-electron chi connectivity index (χ0n) is 5.32. The predicted molar refractivity (Wildman–Crippen MR) is 39.6 cm³/mol. The molecule has 0 aliphatic rings. The second kappa shape index (κ2) is 4.56. The summed E-state index contributed by atoms with van der Waals surface area (Å²) >= 11 is 3.17. The number of carbonyl (C=O) groups is 1. The molecule has 52 valence electrons. The van der Waals surface area contributed by atoms with Crippen molar-refractivity contribution in [3.63, 3.8) is 0 Å². The number of halogens is 1. The van der Waals surface area contributed by atoms with Crippen LogP contribution in [0, 0.1) is 0 Å². The van der Waals surface area contributed by atoms with E-state index in [1.165, 1.54) is 7.11 Å². The van der Waals surface area contributed by atoms with Crippen LogP contribution in [0.1, 0.15) is 6.42 Å². The van der Waals surface area contributed by atoms with Gasteiger partial charge < -0.3 is 4.74 Å². The molecule has 0 aliphatic heterocycles. The third-order valence-corrected chi connectivity index (χ3v) is 1.60. The third-order valence-electron chi connectivity index (χ3n) is 0.811. The van der Waals surface area contributed by atoms with Gasteiger partial charge in [0, 0.05) is 5.33 Å². The van der Waals surface area contributed by atoms with Crippen molar-refractivity contribution >= 4 is 21.9 Å². The van der Waals surface area contributed by atoms with Crippen LogP contribution in [0.3, 0.4) is 0 Å². The minimum Gasteiger partial charge on any atom is -0.469 e. The first kappa shape index (κ1) is 8.69. The summed E-state index contributed by atoms with van der Waals surface area (Å²) in [5.74, 6) is -0.237. The maximum absolute atomic E-state index is 10.5. The quantitative estimate of drug-likeness (QED) is 0.385. The molecule has 0 unspecified atom stereocenters. The van der Waals surface area contributed by atoms with Crippen molar-refractivity contribution in [3.05, 3.63) is 12.2 Å². The van der Waals surface area contributed by atoms with Gasteiger partial charge in [0.15, 0.2) is 0 Å². The summed E-state index contributed by atoms with van der Waals surface area (Å²) in [5, 5.41) is 0.655. The van der Waals surface area contributed by atoms with Gasteiger partial charge in [-0.25, -0.2) is 0 Å². The summed E-state index contributed by atoms with van der Waals surface area (Å²) in [6, 6.07) is 0. The summed E-state index contributed by atoms with van der Waals surface area (Å²) in [5.41, 5.74) is 0.835. The van der Waals surface area contributed by atoms with E-state index in [4.69, 9.17) is 0 Å². The lowest BCUT2D eigenvalue weighted by Crippen LogP contribution is -2.01. The fourth-order valence-corrected chi connectivity index (χ4v) is 0.522. The molecule has 9 heavy (non-hydrogen) atoms. The number of alkyl halides is 1. The van der Waals surface area contributed by atoms with E-state index in [-0.39, 0.29) is 5.97 Å². The molecule has 0 rings (SSSR count). The van der Waals surface area contributed by atoms with E-state index < -0.39 is 0 Å². The Morgan fingerprint density at radius 2 is 2.33 bits per heavy atom. The van der Waals surface area contributed by atoms with Gasteiger partial charge in [-0.2, -0.15) is 0 Å². The minimum atomic E-state index is -0.237. The number of ether oxygens (including phenoxy) is 1. The van der Waals surface area contributed by atoms with Crippen molar-refractivity contribution in [1.82, 2.24) is 0 Å². The van der Waals surface area contributed by atoms with E-state index >= 15 is 0 Å². The number of hydrogen-bond acceptors (Lipinski definition) is 2. The molecule has 0 radical (unpaired) electrons. The zero-order chi connectivity index (χ0) is 7.28. The van der Waals surface area contributed by atoms with Crippen molar-refractivity contribution in [2.75, 3.05) is 12.4 Å². The Labute approximate surface area is 63.0 Å². The van der Waals surface area contributed by atoms with E-state index in [0.717, 1.165) is 5.57 Å². The second-order valence-electron chi connectivity index (χ2n) is 1.64. The van der Waals surface area contributed by atoms with Gasteiger partial charge in [-0.1, -0.05) is 28.1 Å². The first-order chi connectivity index (χ1) is 4.20. The van der Waals surface area contributed by atoms with Crippen LogP contribution < -0.4 is 0 Å². The fourth-order valence-electron chi connectivity index (χ4n) is 0.324. The molecule has 0 spiro atoms. The molecule has 0 aromatic carbocycles. The highest BCUT2D eigenvalue weighted by Crippen LogP contribution is 2.02. The molecule has 0 N–H and O–H groups in total. The average molecular weight is 193 g/mol. The molecule has 0 aromatic rings. The van der Waals surface area contributed by atoms with E-state index in [1.54, 1.807) is 0 Å². The SMILES string of the molecule is C=C(CBr)CC(=O)OC. The number of methoxy groups -OCH3 is 1. The topological polar surface area (TPSA) is 26.3 Å². The van der Waals surface area contributed by atoms with E-state index in [2.05, 4.69) is 27.2 Å². The van der Waals surface area contributed by atoms with Gasteiger partial charge >= 0.3 is 5.97 Å². The van der Waals surface area contributed by atoms with Crippen LogP contribution in [0.25, 0.3) is 0 Å². The van der Waals surface area contributed by atoms with Gasteiger partial charge in [0.25, 0.3) is 0 Å². The van der Waals surface area contributed by atoms with Crippen molar-refractivity contribution in [2.45, 2.75) is 6.42 Å². The largest absolute Gasteiger partial charge is 0.469 e. The highest BCUT2D eigenvalue weighted by Gasteiger charge is 2.00. The van der Waals surface area contributed by atoms with Crippen LogP contribution in [-0.2, 0) is 9.53 Å². The summed E-state index contributed by atoms with van der Waals surface area (Å²) in [6.07, 6.45) is 0.307. The van der Waals surface area contributed by atoms with Gasteiger partial charge in [0.05, 0.1) is 13.5 Å². The Hall–Kier alpha value is -0.310. The van der Waals surface area contributed by atoms with E-state index in [1.807, 2.05) is 0 Å². The van der Waals surface area contributed by atoms with Gasteiger partial charge in [0.2, 0.25) is 0 Å². The highest BCUT2D eigenvalue weighted by atomic mass is 79.9. The van der Waals surface area contributed by atoms with Crippen LogP contribution in [-0.4, -0.2) is 18.4 Å². The van der Waals surface area contributed by atoms with Crippen molar-refractivity contribution < 1.29 is 9.53 Å². The second-order valence-corrected chi connectivity index (χ2v) is 2.20. The van der Waals surface area contributed by atoms with Crippen LogP contribution in [0.4, 0.5) is 0 Å². The van der Waals surface area contributed by atoms with E-state index in [0.29, 0.717) is 11.8 Å². The third kappa shape index (κ3) is 4.21. The average Bonchev–Trinajstić information content (AvgIpc) is 1.87. The van der Waals surface area contributed by atoms with Crippen LogP contribution in [0.5, 0.6) is 0 Å². The minimum absolute atomic E-state index is 0.237.